The van der Waals surface area contributed by atoms with Crippen molar-refractivity contribution in [3.05, 3.63) is 4.91 Å². The third-order valence-electron chi connectivity index (χ3n) is 0.955. The molecule has 0 aliphatic rings. The first kappa shape index (κ1) is 10.2. The fourth-order valence-electron chi connectivity index (χ4n) is 0.483. The van der Waals surface area contributed by atoms with Crippen LogP contribution in [0.3, 0.4) is 0 Å². The van der Waals surface area contributed by atoms with Gasteiger partial charge in [0.15, 0.2) is 0 Å². The molecule has 5 nitrogen and oxygen atoms in total. The molecule has 64 valence electrons. The maximum Gasteiger partial charge on any atom is 0.341 e. The van der Waals surface area contributed by atoms with Crippen molar-refractivity contribution >= 4 is 17.6 Å². The van der Waals surface area contributed by atoms with E-state index < -0.39 is 11.5 Å². The van der Waals surface area contributed by atoms with Gasteiger partial charge in [-0.3, -0.25) is 0 Å². The van der Waals surface area contributed by atoms with Crippen LogP contribution < -0.4 is 5.32 Å². The van der Waals surface area contributed by atoms with Crippen LogP contribution in [0.4, 0.5) is 4.79 Å². The van der Waals surface area contributed by atoms with E-state index in [0.29, 0.717) is 0 Å². The zero-order chi connectivity index (χ0) is 8.85. The van der Waals surface area contributed by atoms with Crippen molar-refractivity contribution in [2.24, 2.45) is 5.29 Å². The van der Waals surface area contributed by atoms with Gasteiger partial charge in [0.1, 0.15) is 5.50 Å². The molecule has 1 N–H and O–H groups in total. The van der Waals surface area contributed by atoms with Crippen LogP contribution in [0.15, 0.2) is 5.29 Å². The number of carbonyl (C=O) groups excluding carboxylic acids is 1. The fraction of sp³-hybridized carbons (Fsp3) is 0.800. The van der Waals surface area contributed by atoms with Crippen LogP contribution in [-0.4, -0.2) is 23.1 Å². The summed E-state index contributed by atoms with van der Waals surface area (Å²) >= 11 is 5.43. The first-order valence-electron chi connectivity index (χ1n) is 3.17. The van der Waals surface area contributed by atoms with Crippen LogP contribution in [0, 0.1) is 4.91 Å². The molecule has 0 fully saturated rings. The molecule has 0 spiro atoms. The van der Waals surface area contributed by atoms with Gasteiger partial charge in [-0.25, -0.2) is 4.79 Å². The summed E-state index contributed by atoms with van der Waals surface area (Å²) < 4.78 is 0. The molecule has 1 unspecified atom stereocenters. The van der Waals surface area contributed by atoms with E-state index in [1.807, 2.05) is 0 Å². The Morgan fingerprint density at radius 3 is 2.64 bits per heavy atom. The molecular formula is C5H10ClN3O2. The van der Waals surface area contributed by atoms with E-state index >= 15 is 0 Å². The molecule has 0 heterocycles. The molecule has 0 aliphatic carbocycles. The van der Waals surface area contributed by atoms with E-state index in [2.05, 4.69) is 10.6 Å². The van der Waals surface area contributed by atoms with Crippen LogP contribution >= 0.6 is 11.6 Å². The molecule has 0 aromatic heterocycles. The Kier molecular flexibility index (Phi) is 4.52. The normalized spacial score (nSPS) is 11.9. The van der Waals surface area contributed by atoms with Crippen molar-refractivity contribution in [2.45, 2.75) is 19.3 Å². The van der Waals surface area contributed by atoms with Crippen LogP contribution in [0.5, 0.6) is 0 Å². The molecule has 0 saturated heterocycles. The molecule has 0 rings (SSSR count). The molecule has 0 aliphatic heterocycles. The molecule has 11 heavy (non-hydrogen) atoms. The maximum atomic E-state index is 10.9. The van der Waals surface area contributed by atoms with Crippen LogP contribution in [-0.2, 0) is 0 Å². The zero-order valence-corrected chi connectivity index (χ0v) is 7.13. The Morgan fingerprint density at radius 2 is 2.36 bits per heavy atom. The summed E-state index contributed by atoms with van der Waals surface area (Å²) in [6, 6.07) is -0.579. The second-order valence-electron chi connectivity index (χ2n) is 1.86. The smallest absolute Gasteiger partial charge is 0.320 e. The molecule has 0 aromatic carbocycles. The van der Waals surface area contributed by atoms with Crippen LogP contribution in [0.1, 0.15) is 13.8 Å². The SMILES string of the molecule is CCN(N=O)C(=O)NC(C)Cl. The highest BCUT2D eigenvalue weighted by Gasteiger charge is 2.12. The summed E-state index contributed by atoms with van der Waals surface area (Å²) in [4.78, 5) is 20.8. The molecule has 1 atom stereocenters. The lowest BCUT2D eigenvalue weighted by molar-refractivity contribution is 0.201. The van der Waals surface area contributed by atoms with Crippen molar-refractivity contribution in [3.8, 4) is 0 Å². The van der Waals surface area contributed by atoms with E-state index in [1.165, 1.54) is 0 Å². The number of urea groups is 1. The van der Waals surface area contributed by atoms with E-state index in [1.54, 1.807) is 13.8 Å². The summed E-state index contributed by atoms with van der Waals surface area (Å²) in [5.41, 5.74) is -0.502. The van der Waals surface area contributed by atoms with Crippen molar-refractivity contribution in [1.29, 1.82) is 0 Å². The lowest BCUT2D eigenvalue weighted by Crippen LogP contribution is -2.38. The maximum absolute atomic E-state index is 10.9. The number of nitrogens with one attached hydrogen (secondary N) is 1. The largest absolute Gasteiger partial charge is 0.341 e. The number of rotatable bonds is 3. The summed E-state index contributed by atoms with van der Waals surface area (Å²) in [5.74, 6) is 0. The summed E-state index contributed by atoms with van der Waals surface area (Å²) in [7, 11) is 0. The Balaban J connectivity index is 3.89. The van der Waals surface area contributed by atoms with E-state index in [-0.39, 0.29) is 6.54 Å². The number of alkyl halides is 1. The molecule has 0 radical (unpaired) electrons. The van der Waals surface area contributed by atoms with Crippen molar-refractivity contribution in [3.63, 3.8) is 0 Å². The summed E-state index contributed by atoms with van der Waals surface area (Å²) in [6.45, 7) is 3.46. The van der Waals surface area contributed by atoms with Gasteiger partial charge in [0.2, 0.25) is 0 Å². The number of amides is 2. The van der Waals surface area contributed by atoms with Gasteiger partial charge in [-0.2, -0.15) is 5.01 Å². The minimum Gasteiger partial charge on any atom is -0.320 e. The lowest BCUT2D eigenvalue weighted by atomic mass is 10.6. The van der Waals surface area contributed by atoms with Gasteiger partial charge in [0.25, 0.3) is 0 Å². The van der Waals surface area contributed by atoms with Crippen LogP contribution in [0.2, 0.25) is 0 Å². The minimum absolute atomic E-state index is 0.235. The first-order chi connectivity index (χ1) is 5.11. The van der Waals surface area contributed by atoms with E-state index in [4.69, 9.17) is 11.6 Å². The first-order valence-corrected chi connectivity index (χ1v) is 3.60. The van der Waals surface area contributed by atoms with Gasteiger partial charge in [-0.15, -0.1) is 4.91 Å². The standard InChI is InChI=1S/C5H10ClN3O2/c1-3-9(8-11)5(10)7-4(2)6/h4H,3H2,1-2H3,(H,7,10). The van der Waals surface area contributed by atoms with Crippen molar-refractivity contribution in [2.75, 3.05) is 6.54 Å². The summed E-state index contributed by atoms with van der Waals surface area (Å²) in [6.07, 6.45) is 0. The van der Waals surface area contributed by atoms with Gasteiger partial charge >= 0.3 is 6.03 Å². The fourth-order valence-corrected chi connectivity index (χ4v) is 0.576. The third kappa shape index (κ3) is 3.77. The second kappa shape index (κ2) is 4.90. The number of carbonyl (C=O) groups is 1. The molecule has 6 heteroatoms. The Morgan fingerprint density at radius 1 is 1.82 bits per heavy atom. The minimum atomic E-state index is -0.579. The quantitative estimate of drug-likeness (QED) is 0.307. The van der Waals surface area contributed by atoms with Gasteiger partial charge in [-0.05, 0) is 13.8 Å². The Hall–Kier alpha value is -0.840. The molecule has 0 bridgehead atoms. The highest BCUT2D eigenvalue weighted by molar-refractivity contribution is 6.20. The molecular weight excluding hydrogens is 170 g/mol. The average molecular weight is 180 g/mol. The van der Waals surface area contributed by atoms with E-state index in [9.17, 15) is 9.70 Å². The van der Waals surface area contributed by atoms with Crippen LogP contribution in [0.25, 0.3) is 0 Å². The molecule has 2 amide bonds. The predicted octanol–water partition coefficient (Wildman–Crippen LogP) is 1.28. The zero-order valence-electron chi connectivity index (χ0n) is 6.37. The van der Waals surface area contributed by atoms with Gasteiger partial charge in [-0.1, -0.05) is 11.6 Å². The number of nitroso groups, excluding NO2 is 1. The highest BCUT2D eigenvalue weighted by atomic mass is 35.5. The Bertz CT molecular complexity index is 151. The topological polar surface area (TPSA) is 61.8 Å². The molecule has 0 aromatic rings. The monoisotopic (exact) mass is 179 g/mol. The van der Waals surface area contributed by atoms with Gasteiger partial charge in [0.05, 0.1) is 5.29 Å². The third-order valence-corrected chi connectivity index (χ3v) is 1.06. The Labute approximate surface area is 69.6 Å². The number of halogens is 1. The number of nitrogens with zero attached hydrogens (tertiary/aromatic N) is 2. The molecule has 0 saturated carbocycles. The summed E-state index contributed by atoms with van der Waals surface area (Å²) in [5, 5.41) is 5.52. The number of hydrogen-bond donors (Lipinski definition) is 1. The van der Waals surface area contributed by atoms with Crippen molar-refractivity contribution < 1.29 is 4.79 Å². The lowest BCUT2D eigenvalue weighted by Gasteiger charge is -2.12. The van der Waals surface area contributed by atoms with Crippen molar-refractivity contribution in [1.82, 2.24) is 10.3 Å². The predicted molar refractivity (Wildman–Crippen MR) is 42.0 cm³/mol. The average Bonchev–Trinajstić information content (AvgIpc) is 1.88. The van der Waals surface area contributed by atoms with Gasteiger partial charge in [0, 0.05) is 6.54 Å². The number of hydrogen-bond acceptors (Lipinski definition) is 3. The van der Waals surface area contributed by atoms with Gasteiger partial charge < -0.3 is 5.32 Å². The highest BCUT2D eigenvalue weighted by Crippen LogP contribution is 1.93. The van der Waals surface area contributed by atoms with E-state index in [0.717, 1.165) is 5.01 Å². The second-order valence-corrected chi connectivity index (χ2v) is 2.52.